The zero-order chi connectivity index (χ0) is 14.0. The first kappa shape index (κ1) is 13.5. The summed E-state index contributed by atoms with van der Waals surface area (Å²) in [5.41, 5.74) is 0.932. The molecule has 98 valence electrons. The molecule has 0 heterocycles. The molecule has 0 fully saturated rings. The minimum absolute atomic E-state index is 0.00152. The van der Waals surface area contributed by atoms with Crippen LogP contribution in [0.3, 0.4) is 0 Å². The van der Waals surface area contributed by atoms with Crippen LogP contribution in [0.4, 0.5) is 10.1 Å². The maximum absolute atomic E-state index is 12.8. The minimum atomic E-state index is -0.356. The molecule has 1 amide bonds. The fraction of sp³-hybridized carbons (Fsp3) is 0.0714. The maximum Gasteiger partial charge on any atom is 0.258 e. The third kappa shape index (κ3) is 2.93. The number of phenols is 1. The Hall–Kier alpha value is -1.88. The van der Waals surface area contributed by atoms with Gasteiger partial charge >= 0.3 is 0 Å². The van der Waals surface area contributed by atoms with Gasteiger partial charge in [0.15, 0.2) is 0 Å². The number of rotatable bonds is 2. The van der Waals surface area contributed by atoms with Crippen LogP contribution in [0, 0.1) is 5.82 Å². The lowest BCUT2D eigenvalue weighted by molar-refractivity contribution is 0.0992. The Labute approximate surface area is 118 Å². The number of hydrogen-bond donors (Lipinski definition) is 1. The highest BCUT2D eigenvalue weighted by Gasteiger charge is 2.14. The van der Waals surface area contributed by atoms with E-state index in [1.165, 1.54) is 35.2 Å². The fourth-order valence-corrected chi connectivity index (χ4v) is 1.87. The molecule has 0 saturated heterocycles. The Morgan fingerprint density at radius 3 is 2.42 bits per heavy atom. The van der Waals surface area contributed by atoms with E-state index in [0.717, 1.165) is 0 Å². The van der Waals surface area contributed by atoms with Gasteiger partial charge in [-0.1, -0.05) is 0 Å². The summed E-state index contributed by atoms with van der Waals surface area (Å²) >= 11 is 3.15. The van der Waals surface area contributed by atoms with Crippen LogP contribution in [0.5, 0.6) is 5.75 Å². The van der Waals surface area contributed by atoms with E-state index in [4.69, 9.17) is 0 Å². The molecule has 3 nitrogen and oxygen atoms in total. The molecular weight excluding hydrogens is 313 g/mol. The molecule has 19 heavy (non-hydrogen) atoms. The van der Waals surface area contributed by atoms with Crippen LogP contribution < -0.4 is 4.90 Å². The molecule has 0 bridgehead atoms. The largest absolute Gasteiger partial charge is 0.507 e. The maximum atomic E-state index is 12.8. The molecule has 2 aromatic carbocycles. The molecule has 1 N–H and O–H groups in total. The van der Waals surface area contributed by atoms with E-state index in [1.807, 2.05) is 0 Å². The molecule has 0 atom stereocenters. The van der Waals surface area contributed by atoms with E-state index in [1.54, 1.807) is 19.2 Å². The van der Waals surface area contributed by atoms with Gasteiger partial charge in [-0.15, -0.1) is 0 Å². The number of aromatic hydroxyl groups is 1. The number of benzene rings is 2. The van der Waals surface area contributed by atoms with Crippen molar-refractivity contribution in [3.05, 3.63) is 58.3 Å². The zero-order valence-corrected chi connectivity index (χ0v) is 11.7. The standard InChI is InChI=1S/C14H11BrFNO2/c1-17(11-5-3-10(16)4-6-11)14(19)9-2-7-12(15)13(18)8-9/h2-8,18H,1H3. The van der Waals surface area contributed by atoms with Gasteiger partial charge in [0.25, 0.3) is 5.91 Å². The van der Waals surface area contributed by atoms with E-state index in [9.17, 15) is 14.3 Å². The smallest absolute Gasteiger partial charge is 0.258 e. The van der Waals surface area contributed by atoms with E-state index < -0.39 is 0 Å². The Morgan fingerprint density at radius 1 is 1.21 bits per heavy atom. The summed E-state index contributed by atoms with van der Waals surface area (Å²) < 4.78 is 13.4. The molecule has 2 rings (SSSR count). The summed E-state index contributed by atoms with van der Waals surface area (Å²) in [5.74, 6) is -0.640. The predicted octanol–water partition coefficient (Wildman–Crippen LogP) is 3.57. The van der Waals surface area contributed by atoms with Crippen molar-refractivity contribution in [1.82, 2.24) is 0 Å². The lowest BCUT2D eigenvalue weighted by Gasteiger charge is -2.17. The van der Waals surface area contributed by atoms with Crippen LogP contribution in [-0.2, 0) is 0 Å². The first-order valence-corrected chi connectivity index (χ1v) is 6.30. The summed E-state index contributed by atoms with van der Waals surface area (Å²) in [6.45, 7) is 0. The topological polar surface area (TPSA) is 40.5 Å². The second-order valence-electron chi connectivity index (χ2n) is 4.01. The Kier molecular flexibility index (Phi) is 3.85. The number of hydrogen-bond acceptors (Lipinski definition) is 2. The lowest BCUT2D eigenvalue weighted by Crippen LogP contribution is -2.26. The van der Waals surface area contributed by atoms with Crippen molar-refractivity contribution >= 4 is 27.5 Å². The number of carbonyl (C=O) groups excluding carboxylic acids is 1. The lowest BCUT2D eigenvalue weighted by atomic mass is 10.2. The second kappa shape index (κ2) is 5.40. The molecule has 0 unspecified atom stereocenters. The summed E-state index contributed by atoms with van der Waals surface area (Å²) in [4.78, 5) is 13.6. The van der Waals surface area contributed by atoms with Crippen LogP contribution in [-0.4, -0.2) is 18.1 Å². The molecule has 0 saturated carbocycles. The molecule has 0 aliphatic rings. The van der Waals surface area contributed by atoms with Crippen LogP contribution >= 0.6 is 15.9 Å². The van der Waals surface area contributed by atoms with Crippen molar-refractivity contribution in [1.29, 1.82) is 0 Å². The first-order valence-electron chi connectivity index (χ1n) is 5.51. The number of halogens is 2. The molecule has 0 spiro atoms. The van der Waals surface area contributed by atoms with Gasteiger partial charge in [0.1, 0.15) is 11.6 Å². The van der Waals surface area contributed by atoms with Crippen molar-refractivity contribution in [2.45, 2.75) is 0 Å². The molecular formula is C14H11BrFNO2. The van der Waals surface area contributed by atoms with Gasteiger partial charge in [0.2, 0.25) is 0 Å². The summed E-state index contributed by atoms with van der Waals surface area (Å²) in [6.07, 6.45) is 0. The normalized spacial score (nSPS) is 10.3. The monoisotopic (exact) mass is 323 g/mol. The van der Waals surface area contributed by atoms with Gasteiger partial charge in [0, 0.05) is 18.3 Å². The highest BCUT2D eigenvalue weighted by Crippen LogP contribution is 2.25. The van der Waals surface area contributed by atoms with Crippen molar-refractivity contribution in [3.63, 3.8) is 0 Å². The van der Waals surface area contributed by atoms with E-state index in [-0.39, 0.29) is 17.5 Å². The quantitative estimate of drug-likeness (QED) is 0.917. The number of carbonyl (C=O) groups is 1. The van der Waals surface area contributed by atoms with Crippen molar-refractivity contribution in [2.24, 2.45) is 0 Å². The van der Waals surface area contributed by atoms with Gasteiger partial charge in [-0.25, -0.2) is 4.39 Å². The highest BCUT2D eigenvalue weighted by molar-refractivity contribution is 9.10. The van der Waals surface area contributed by atoms with E-state index in [0.29, 0.717) is 15.7 Å². The summed E-state index contributed by atoms with van der Waals surface area (Å²) in [6, 6.07) is 10.2. The van der Waals surface area contributed by atoms with Gasteiger partial charge in [0.05, 0.1) is 4.47 Å². The second-order valence-corrected chi connectivity index (χ2v) is 4.86. The number of anilines is 1. The number of nitrogens with zero attached hydrogens (tertiary/aromatic N) is 1. The molecule has 0 aromatic heterocycles. The van der Waals surface area contributed by atoms with Crippen LogP contribution in [0.1, 0.15) is 10.4 Å². The Balaban J connectivity index is 2.28. The third-order valence-electron chi connectivity index (χ3n) is 2.71. The van der Waals surface area contributed by atoms with Gasteiger partial charge < -0.3 is 10.0 Å². The minimum Gasteiger partial charge on any atom is -0.507 e. The summed E-state index contributed by atoms with van der Waals surface area (Å²) in [7, 11) is 1.59. The summed E-state index contributed by atoms with van der Waals surface area (Å²) in [5, 5.41) is 9.57. The average molecular weight is 324 g/mol. The van der Waals surface area contributed by atoms with Crippen molar-refractivity contribution in [2.75, 3.05) is 11.9 Å². The van der Waals surface area contributed by atoms with Gasteiger partial charge in [-0.3, -0.25) is 4.79 Å². The average Bonchev–Trinajstić information content (AvgIpc) is 2.41. The van der Waals surface area contributed by atoms with E-state index in [2.05, 4.69) is 15.9 Å². The fourth-order valence-electron chi connectivity index (χ4n) is 1.62. The molecule has 0 aliphatic carbocycles. The van der Waals surface area contributed by atoms with E-state index >= 15 is 0 Å². The zero-order valence-electron chi connectivity index (χ0n) is 10.1. The number of phenolic OH excluding ortho intramolecular Hbond substituents is 1. The first-order chi connectivity index (χ1) is 8.99. The molecule has 5 heteroatoms. The van der Waals surface area contributed by atoms with Gasteiger partial charge in [-0.2, -0.15) is 0 Å². The predicted molar refractivity (Wildman–Crippen MR) is 74.9 cm³/mol. The molecule has 2 aromatic rings. The van der Waals surface area contributed by atoms with Crippen LogP contribution in [0.15, 0.2) is 46.9 Å². The van der Waals surface area contributed by atoms with Crippen LogP contribution in [0.2, 0.25) is 0 Å². The molecule has 0 aliphatic heterocycles. The van der Waals surface area contributed by atoms with Gasteiger partial charge in [-0.05, 0) is 58.4 Å². The molecule has 0 radical (unpaired) electrons. The van der Waals surface area contributed by atoms with Crippen LogP contribution in [0.25, 0.3) is 0 Å². The Morgan fingerprint density at radius 2 is 1.84 bits per heavy atom. The van der Waals surface area contributed by atoms with Crippen molar-refractivity contribution < 1.29 is 14.3 Å². The SMILES string of the molecule is CN(C(=O)c1ccc(Br)c(O)c1)c1ccc(F)cc1. The Bertz CT molecular complexity index is 613. The highest BCUT2D eigenvalue weighted by atomic mass is 79.9. The number of amides is 1. The van der Waals surface area contributed by atoms with Crippen molar-refractivity contribution in [3.8, 4) is 5.75 Å². The third-order valence-corrected chi connectivity index (χ3v) is 3.38.